The van der Waals surface area contributed by atoms with E-state index in [1.54, 1.807) is 12.1 Å². The maximum atomic E-state index is 13.1. The van der Waals surface area contributed by atoms with Crippen LogP contribution >= 0.6 is 0 Å². The van der Waals surface area contributed by atoms with Crippen molar-refractivity contribution in [1.29, 1.82) is 0 Å². The molecule has 6 nitrogen and oxygen atoms in total. The fourth-order valence-corrected chi connectivity index (χ4v) is 3.29. The molecule has 5 rings (SSSR count). The van der Waals surface area contributed by atoms with Gasteiger partial charge in [-0.3, -0.25) is 4.68 Å². The Hall–Kier alpha value is -3.48. The lowest BCUT2D eigenvalue weighted by atomic mass is 10.2. The van der Waals surface area contributed by atoms with Crippen LogP contribution in [0.3, 0.4) is 0 Å². The lowest BCUT2D eigenvalue weighted by Crippen LogP contribution is -2.18. The average molecular weight is 361 g/mol. The van der Waals surface area contributed by atoms with Crippen molar-refractivity contribution in [2.45, 2.75) is 19.6 Å². The van der Waals surface area contributed by atoms with Crippen LogP contribution in [0.2, 0.25) is 0 Å². The molecular weight excluding hydrogens is 345 g/mol. The highest BCUT2D eigenvalue weighted by Crippen LogP contribution is 2.28. The quantitative estimate of drug-likeness (QED) is 0.555. The SMILES string of the molecule is Fc1ccc(Cn2ncc3c2CN(c2noc(-c4ccccc4)n2)C3)cc1. The molecule has 4 aromatic rings. The first-order chi connectivity index (χ1) is 13.3. The maximum absolute atomic E-state index is 13.1. The van der Waals surface area contributed by atoms with Crippen LogP contribution in [-0.4, -0.2) is 19.9 Å². The van der Waals surface area contributed by atoms with Crippen molar-refractivity contribution in [2.75, 3.05) is 4.90 Å². The number of fused-ring (bicyclic) bond motifs is 1. The van der Waals surface area contributed by atoms with Crippen molar-refractivity contribution >= 4 is 5.95 Å². The van der Waals surface area contributed by atoms with Gasteiger partial charge >= 0.3 is 0 Å². The molecular formula is C20H16FN5O. The van der Waals surface area contributed by atoms with Crippen molar-refractivity contribution in [2.24, 2.45) is 0 Å². The average Bonchev–Trinajstić information content (AvgIpc) is 3.41. The number of rotatable bonds is 4. The van der Waals surface area contributed by atoms with E-state index in [1.165, 1.54) is 12.1 Å². The first-order valence-electron chi connectivity index (χ1n) is 8.68. The number of benzene rings is 2. The van der Waals surface area contributed by atoms with Crippen LogP contribution in [-0.2, 0) is 19.6 Å². The van der Waals surface area contributed by atoms with Gasteiger partial charge in [0.25, 0.3) is 11.8 Å². The lowest BCUT2D eigenvalue weighted by molar-refractivity contribution is 0.429. The number of hydrogen-bond donors (Lipinski definition) is 0. The van der Waals surface area contributed by atoms with Crippen LogP contribution in [0.15, 0.2) is 65.3 Å². The van der Waals surface area contributed by atoms with E-state index in [1.807, 2.05) is 41.2 Å². The number of halogens is 1. The number of hydrogen-bond acceptors (Lipinski definition) is 5. The zero-order valence-corrected chi connectivity index (χ0v) is 14.4. The highest BCUT2D eigenvalue weighted by molar-refractivity contribution is 5.54. The molecule has 0 bridgehead atoms. The lowest BCUT2D eigenvalue weighted by Gasteiger charge is -2.12. The van der Waals surface area contributed by atoms with Gasteiger partial charge in [-0.1, -0.05) is 30.3 Å². The Bertz CT molecular complexity index is 1070. The third kappa shape index (κ3) is 2.97. The predicted octanol–water partition coefficient (Wildman–Crippen LogP) is 3.64. The Morgan fingerprint density at radius 2 is 1.81 bits per heavy atom. The fraction of sp³-hybridized carbons (Fsp3) is 0.150. The van der Waals surface area contributed by atoms with Gasteiger partial charge in [0.2, 0.25) is 0 Å². The van der Waals surface area contributed by atoms with Crippen molar-refractivity contribution in [3.63, 3.8) is 0 Å². The first-order valence-corrected chi connectivity index (χ1v) is 8.68. The summed E-state index contributed by atoms with van der Waals surface area (Å²) in [6.45, 7) is 1.95. The molecule has 0 saturated heterocycles. The summed E-state index contributed by atoms with van der Waals surface area (Å²) in [7, 11) is 0. The summed E-state index contributed by atoms with van der Waals surface area (Å²) in [5, 5.41) is 8.60. The normalized spacial score (nSPS) is 13.1. The summed E-state index contributed by atoms with van der Waals surface area (Å²) in [6, 6.07) is 16.2. The molecule has 2 aromatic heterocycles. The minimum atomic E-state index is -0.234. The molecule has 0 aliphatic carbocycles. The molecule has 0 saturated carbocycles. The van der Waals surface area contributed by atoms with E-state index >= 15 is 0 Å². The number of aromatic nitrogens is 4. The van der Waals surface area contributed by atoms with Gasteiger partial charge in [-0.25, -0.2) is 4.39 Å². The molecule has 1 aliphatic rings. The van der Waals surface area contributed by atoms with Crippen molar-refractivity contribution < 1.29 is 8.91 Å². The summed E-state index contributed by atoms with van der Waals surface area (Å²) in [6.07, 6.45) is 1.87. The first kappa shape index (κ1) is 15.7. The maximum Gasteiger partial charge on any atom is 0.267 e. The Morgan fingerprint density at radius 1 is 1.00 bits per heavy atom. The smallest absolute Gasteiger partial charge is 0.267 e. The van der Waals surface area contributed by atoms with E-state index in [-0.39, 0.29) is 5.82 Å². The van der Waals surface area contributed by atoms with Crippen molar-refractivity contribution in [1.82, 2.24) is 19.9 Å². The Balaban J connectivity index is 1.35. The van der Waals surface area contributed by atoms with E-state index in [0.29, 0.717) is 31.5 Å². The molecule has 0 unspecified atom stereocenters. The van der Waals surface area contributed by atoms with Crippen LogP contribution in [0.1, 0.15) is 16.8 Å². The second kappa shape index (κ2) is 6.35. The van der Waals surface area contributed by atoms with Gasteiger partial charge in [-0.05, 0) is 35.0 Å². The third-order valence-electron chi connectivity index (χ3n) is 4.70. The summed E-state index contributed by atoms with van der Waals surface area (Å²) in [5.74, 6) is 0.842. The topological polar surface area (TPSA) is 60.0 Å². The second-order valence-electron chi connectivity index (χ2n) is 6.52. The largest absolute Gasteiger partial charge is 0.332 e. The fourth-order valence-electron chi connectivity index (χ4n) is 3.29. The molecule has 0 spiro atoms. The van der Waals surface area contributed by atoms with Crippen LogP contribution in [0, 0.1) is 5.82 Å². The minimum Gasteiger partial charge on any atom is -0.332 e. The Kier molecular flexibility index (Phi) is 3.71. The molecule has 27 heavy (non-hydrogen) atoms. The van der Waals surface area contributed by atoms with E-state index in [4.69, 9.17) is 4.52 Å². The Labute approximate surface area is 154 Å². The highest BCUT2D eigenvalue weighted by Gasteiger charge is 2.27. The summed E-state index contributed by atoms with van der Waals surface area (Å²) in [4.78, 5) is 6.58. The number of anilines is 1. The Morgan fingerprint density at radius 3 is 2.63 bits per heavy atom. The monoisotopic (exact) mass is 361 g/mol. The molecule has 2 aromatic carbocycles. The standard InChI is InChI=1S/C20H16FN5O/c21-17-8-6-14(7-9-17)11-26-18-13-25(12-16(18)10-22-26)20-23-19(27-24-20)15-4-2-1-3-5-15/h1-10H,11-13H2. The van der Waals surface area contributed by atoms with Gasteiger partial charge in [0.15, 0.2) is 0 Å². The van der Waals surface area contributed by atoms with Crippen molar-refractivity contribution in [3.05, 3.63) is 83.4 Å². The summed E-state index contributed by atoms with van der Waals surface area (Å²) < 4.78 is 20.5. The molecule has 134 valence electrons. The third-order valence-corrected chi connectivity index (χ3v) is 4.70. The van der Waals surface area contributed by atoms with E-state index in [0.717, 1.165) is 22.4 Å². The van der Waals surface area contributed by atoms with Crippen LogP contribution in [0.25, 0.3) is 11.5 Å². The molecule has 0 amide bonds. The van der Waals surface area contributed by atoms with Gasteiger partial charge in [0.1, 0.15) is 5.82 Å². The van der Waals surface area contributed by atoms with Gasteiger partial charge in [-0.2, -0.15) is 10.1 Å². The highest BCUT2D eigenvalue weighted by atomic mass is 19.1. The molecule has 1 aliphatic heterocycles. The molecule has 0 N–H and O–H groups in total. The molecule has 0 radical (unpaired) electrons. The van der Waals surface area contributed by atoms with Gasteiger partial charge in [-0.15, -0.1) is 0 Å². The zero-order chi connectivity index (χ0) is 18.2. The van der Waals surface area contributed by atoms with E-state index < -0.39 is 0 Å². The van der Waals surface area contributed by atoms with Gasteiger partial charge in [0, 0.05) is 17.7 Å². The van der Waals surface area contributed by atoms with E-state index in [2.05, 4.69) is 20.1 Å². The summed E-state index contributed by atoms with van der Waals surface area (Å²) >= 11 is 0. The zero-order valence-electron chi connectivity index (χ0n) is 14.4. The summed E-state index contributed by atoms with van der Waals surface area (Å²) in [5.41, 5.74) is 4.16. The predicted molar refractivity (Wildman–Crippen MR) is 97.4 cm³/mol. The van der Waals surface area contributed by atoms with Crippen LogP contribution in [0.5, 0.6) is 0 Å². The van der Waals surface area contributed by atoms with Gasteiger partial charge < -0.3 is 9.42 Å². The molecule has 0 fully saturated rings. The van der Waals surface area contributed by atoms with E-state index in [9.17, 15) is 4.39 Å². The molecule has 3 heterocycles. The molecule has 0 atom stereocenters. The number of nitrogens with zero attached hydrogens (tertiary/aromatic N) is 5. The van der Waals surface area contributed by atoms with Crippen LogP contribution < -0.4 is 4.90 Å². The second-order valence-corrected chi connectivity index (χ2v) is 6.52. The molecule has 7 heteroatoms. The minimum absolute atomic E-state index is 0.234. The van der Waals surface area contributed by atoms with Gasteiger partial charge in [0.05, 0.1) is 25.0 Å². The van der Waals surface area contributed by atoms with Crippen LogP contribution in [0.4, 0.5) is 10.3 Å². The van der Waals surface area contributed by atoms with Crippen molar-refractivity contribution in [3.8, 4) is 11.5 Å².